The summed E-state index contributed by atoms with van der Waals surface area (Å²) in [7, 11) is -3.56. The van der Waals surface area contributed by atoms with Crippen LogP contribution >= 0.6 is 0 Å². The Hall–Kier alpha value is -1.07. The molecular weight excluding hydrogens is 284 g/mol. The molecule has 1 aromatic rings. The molecular formula is C16H28N2O2S. The summed E-state index contributed by atoms with van der Waals surface area (Å²) in [5, 5.41) is 0. The van der Waals surface area contributed by atoms with Crippen LogP contribution in [0, 0.1) is 26.7 Å². The van der Waals surface area contributed by atoms with Gasteiger partial charge < -0.3 is 5.73 Å². The van der Waals surface area contributed by atoms with E-state index in [1.165, 1.54) is 0 Å². The van der Waals surface area contributed by atoms with Gasteiger partial charge in [-0.15, -0.1) is 0 Å². The molecule has 0 heterocycles. The van der Waals surface area contributed by atoms with Crippen LogP contribution in [0.5, 0.6) is 0 Å². The highest BCUT2D eigenvalue weighted by Gasteiger charge is 2.26. The predicted octanol–water partition coefficient (Wildman–Crippen LogP) is 3.30. The van der Waals surface area contributed by atoms with Gasteiger partial charge in [-0.1, -0.05) is 26.7 Å². The molecule has 0 aromatic heterocycles. The number of rotatable bonds is 6. The molecule has 0 aliphatic rings. The minimum Gasteiger partial charge on any atom is -0.398 e. The fraction of sp³-hybridized carbons (Fsp3) is 0.625. The molecule has 1 rings (SSSR count). The van der Waals surface area contributed by atoms with Gasteiger partial charge in [0.05, 0.1) is 4.90 Å². The second kappa shape index (κ2) is 6.79. The van der Waals surface area contributed by atoms with Crippen LogP contribution in [-0.2, 0) is 10.0 Å². The average molecular weight is 312 g/mol. The van der Waals surface area contributed by atoms with Crippen LogP contribution < -0.4 is 10.5 Å². The number of aryl methyl sites for hydroxylation is 1. The minimum atomic E-state index is -3.56. The standard InChI is InChI=1S/C16H28N2O2S/c1-7-14(8-2)13(6)18-21(19,20)16-11(4)10(3)9-15(17)12(16)5/h9,13-14,18H,7-8,17H2,1-6H3. The second-order valence-electron chi connectivity index (χ2n) is 5.85. The van der Waals surface area contributed by atoms with Crippen LogP contribution in [0.3, 0.4) is 0 Å². The van der Waals surface area contributed by atoms with Crippen molar-refractivity contribution in [3.63, 3.8) is 0 Å². The lowest BCUT2D eigenvalue weighted by molar-refractivity contribution is 0.390. The Morgan fingerprint density at radius 3 is 2.14 bits per heavy atom. The van der Waals surface area contributed by atoms with Gasteiger partial charge in [-0.25, -0.2) is 13.1 Å². The number of anilines is 1. The smallest absolute Gasteiger partial charge is 0.241 e. The summed E-state index contributed by atoms with van der Waals surface area (Å²) >= 11 is 0. The molecule has 0 radical (unpaired) electrons. The van der Waals surface area contributed by atoms with Crippen molar-refractivity contribution >= 4 is 15.7 Å². The third-order valence-electron chi connectivity index (χ3n) is 4.44. The maximum absolute atomic E-state index is 12.8. The summed E-state index contributed by atoms with van der Waals surface area (Å²) in [6.07, 6.45) is 1.90. The van der Waals surface area contributed by atoms with E-state index < -0.39 is 10.0 Å². The molecule has 0 aliphatic heterocycles. The molecule has 1 aromatic carbocycles. The fourth-order valence-electron chi connectivity index (χ4n) is 2.84. The number of hydrogen-bond acceptors (Lipinski definition) is 3. The van der Waals surface area contributed by atoms with Crippen LogP contribution in [0.2, 0.25) is 0 Å². The van der Waals surface area contributed by atoms with E-state index in [-0.39, 0.29) is 6.04 Å². The predicted molar refractivity (Wildman–Crippen MR) is 88.9 cm³/mol. The first-order chi connectivity index (χ1) is 9.65. The number of sulfonamides is 1. The number of nitrogens with two attached hydrogens (primary N) is 1. The molecule has 0 saturated carbocycles. The normalized spacial score (nSPS) is 13.7. The Bertz CT molecular complexity index is 579. The molecule has 0 aliphatic carbocycles. The van der Waals surface area contributed by atoms with Gasteiger partial charge in [0.25, 0.3) is 0 Å². The van der Waals surface area contributed by atoms with Gasteiger partial charge in [0.15, 0.2) is 0 Å². The first-order valence-corrected chi connectivity index (χ1v) is 9.02. The molecule has 1 atom stereocenters. The van der Waals surface area contributed by atoms with E-state index in [9.17, 15) is 8.42 Å². The molecule has 21 heavy (non-hydrogen) atoms. The van der Waals surface area contributed by atoms with Gasteiger partial charge in [-0.05, 0) is 56.4 Å². The molecule has 0 spiro atoms. The molecule has 1 unspecified atom stereocenters. The average Bonchev–Trinajstić information content (AvgIpc) is 2.37. The Balaban J connectivity index is 3.27. The molecule has 3 N–H and O–H groups in total. The van der Waals surface area contributed by atoms with Crippen molar-refractivity contribution in [3.8, 4) is 0 Å². The summed E-state index contributed by atoms with van der Waals surface area (Å²) in [4.78, 5) is 0.331. The molecule has 0 amide bonds. The Morgan fingerprint density at radius 1 is 1.14 bits per heavy atom. The van der Waals surface area contributed by atoms with Gasteiger partial charge in [0.1, 0.15) is 0 Å². The summed E-state index contributed by atoms with van der Waals surface area (Å²) in [6, 6.07) is 1.74. The maximum Gasteiger partial charge on any atom is 0.241 e. The Kier molecular flexibility index (Phi) is 5.82. The zero-order chi connectivity index (χ0) is 16.4. The number of nitrogen functional groups attached to an aromatic ring is 1. The lowest BCUT2D eigenvalue weighted by atomic mass is 9.96. The Labute approximate surface area is 129 Å². The highest BCUT2D eigenvalue weighted by atomic mass is 32.2. The van der Waals surface area contributed by atoms with E-state index in [1.807, 2.05) is 26.8 Å². The highest BCUT2D eigenvalue weighted by molar-refractivity contribution is 7.89. The third kappa shape index (κ3) is 3.77. The number of benzene rings is 1. The lowest BCUT2D eigenvalue weighted by Crippen LogP contribution is -2.38. The molecule has 5 heteroatoms. The van der Waals surface area contributed by atoms with Crippen LogP contribution in [0.25, 0.3) is 0 Å². The van der Waals surface area contributed by atoms with E-state index in [4.69, 9.17) is 5.73 Å². The van der Waals surface area contributed by atoms with Gasteiger partial charge in [-0.2, -0.15) is 0 Å². The van der Waals surface area contributed by atoms with Crippen molar-refractivity contribution < 1.29 is 8.42 Å². The van der Waals surface area contributed by atoms with Crippen molar-refractivity contribution in [2.24, 2.45) is 5.92 Å². The van der Waals surface area contributed by atoms with E-state index in [2.05, 4.69) is 18.6 Å². The molecule has 120 valence electrons. The zero-order valence-electron chi connectivity index (χ0n) is 13.9. The van der Waals surface area contributed by atoms with Crippen molar-refractivity contribution in [2.75, 3.05) is 5.73 Å². The van der Waals surface area contributed by atoms with E-state index in [1.54, 1.807) is 6.92 Å². The molecule has 0 bridgehead atoms. The number of hydrogen-bond donors (Lipinski definition) is 2. The highest BCUT2D eigenvalue weighted by Crippen LogP contribution is 2.28. The lowest BCUT2D eigenvalue weighted by Gasteiger charge is -2.24. The summed E-state index contributed by atoms with van der Waals surface area (Å²) < 4.78 is 28.3. The summed E-state index contributed by atoms with van der Waals surface area (Å²) in [6.45, 7) is 11.6. The molecule has 0 saturated heterocycles. The van der Waals surface area contributed by atoms with Gasteiger partial charge in [0, 0.05) is 11.7 Å². The SMILES string of the molecule is CCC(CC)C(C)NS(=O)(=O)c1c(C)c(C)cc(N)c1C. The Morgan fingerprint density at radius 2 is 1.67 bits per heavy atom. The maximum atomic E-state index is 12.8. The van der Waals surface area contributed by atoms with Gasteiger partial charge >= 0.3 is 0 Å². The first-order valence-electron chi connectivity index (χ1n) is 7.54. The van der Waals surface area contributed by atoms with Crippen LogP contribution in [0.4, 0.5) is 5.69 Å². The van der Waals surface area contributed by atoms with E-state index in [0.29, 0.717) is 22.1 Å². The molecule has 0 fully saturated rings. The summed E-state index contributed by atoms with van der Waals surface area (Å²) in [5.74, 6) is 0.336. The summed E-state index contributed by atoms with van der Waals surface area (Å²) in [5.41, 5.74) is 8.75. The second-order valence-corrected chi connectivity index (χ2v) is 7.50. The minimum absolute atomic E-state index is 0.0921. The monoisotopic (exact) mass is 312 g/mol. The molecule has 4 nitrogen and oxygen atoms in total. The van der Waals surface area contributed by atoms with Crippen molar-refractivity contribution in [1.82, 2.24) is 4.72 Å². The van der Waals surface area contributed by atoms with Crippen LogP contribution in [0.1, 0.15) is 50.3 Å². The third-order valence-corrected chi connectivity index (χ3v) is 6.28. The van der Waals surface area contributed by atoms with Crippen LogP contribution in [0.15, 0.2) is 11.0 Å². The number of nitrogens with one attached hydrogen (secondary N) is 1. The van der Waals surface area contributed by atoms with Crippen molar-refractivity contribution in [3.05, 3.63) is 22.8 Å². The van der Waals surface area contributed by atoms with Crippen LogP contribution in [-0.4, -0.2) is 14.5 Å². The van der Waals surface area contributed by atoms with E-state index in [0.717, 1.165) is 24.0 Å². The zero-order valence-corrected chi connectivity index (χ0v) is 14.8. The van der Waals surface area contributed by atoms with Crippen molar-refractivity contribution in [1.29, 1.82) is 0 Å². The topological polar surface area (TPSA) is 72.2 Å². The quantitative estimate of drug-likeness (QED) is 0.792. The van der Waals surface area contributed by atoms with Crippen molar-refractivity contribution in [2.45, 2.75) is 65.3 Å². The van der Waals surface area contributed by atoms with Gasteiger partial charge in [-0.3, -0.25) is 0 Å². The fourth-order valence-corrected chi connectivity index (χ4v) is 4.72. The van der Waals surface area contributed by atoms with Gasteiger partial charge in [0.2, 0.25) is 10.0 Å². The van der Waals surface area contributed by atoms with E-state index >= 15 is 0 Å². The first kappa shape index (κ1) is 18.0. The largest absolute Gasteiger partial charge is 0.398 e.